The molecule has 3 heterocycles. The Morgan fingerprint density at radius 1 is 1.13 bits per heavy atom. The molecule has 1 fully saturated rings. The van der Waals surface area contributed by atoms with E-state index >= 15 is 0 Å². The molecule has 0 amide bonds. The van der Waals surface area contributed by atoms with Gasteiger partial charge in [0.05, 0.1) is 11.7 Å². The molecule has 1 aromatic carbocycles. The minimum atomic E-state index is -4.95. The van der Waals surface area contributed by atoms with Gasteiger partial charge in [-0.2, -0.15) is 13.2 Å². The molecule has 1 aliphatic carbocycles. The van der Waals surface area contributed by atoms with Gasteiger partial charge in [0.25, 0.3) is 5.78 Å². The first-order valence-corrected chi connectivity index (χ1v) is 13.3. The molecular weight excluding hydrogens is 505 g/mol. The fraction of sp³-hybridized carbons (Fsp3) is 0.400. The topological polar surface area (TPSA) is 72.1 Å². The van der Waals surface area contributed by atoms with Gasteiger partial charge in [-0.25, -0.2) is 4.98 Å². The summed E-state index contributed by atoms with van der Waals surface area (Å²) in [5, 5.41) is 13.2. The van der Waals surface area contributed by atoms with E-state index in [2.05, 4.69) is 31.6 Å². The molecule has 1 unspecified atom stereocenters. The van der Waals surface area contributed by atoms with Crippen LogP contribution in [0.1, 0.15) is 54.1 Å². The van der Waals surface area contributed by atoms with Crippen molar-refractivity contribution in [3.63, 3.8) is 0 Å². The van der Waals surface area contributed by atoms with Gasteiger partial charge in [-0.15, -0.1) is 0 Å². The summed E-state index contributed by atoms with van der Waals surface area (Å²) < 4.78 is 42.9. The molecule has 2 N–H and O–H groups in total. The van der Waals surface area contributed by atoms with E-state index in [0.29, 0.717) is 28.9 Å². The van der Waals surface area contributed by atoms with Crippen molar-refractivity contribution in [2.75, 3.05) is 5.32 Å². The van der Waals surface area contributed by atoms with E-state index in [9.17, 15) is 23.1 Å². The van der Waals surface area contributed by atoms with Gasteiger partial charge in [0.15, 0.2) is 0 Å². The third-order valence-electron chi connectivity index (χ3n) is 7.99. The molecule has 1 atom stereocenters. The van der Waals surface area contributed by atoms with Gasteiger partial charge in [0.2, 0.25) is 0 Å². The van der Waals surface area contributed by atoms with Crippen molar-refractivity contribution in [2.24, 2.45) is 18.9 Å². The van der Waals surface area contributed by atoms with Gasteiger partial charge < -0.3 is 19.6 Å². The second-order valence-corrected chi connectivity index (χ2v) is 10.8. The number of nitrogens with zero attached hydrogens (tertiary/aromatic N) is 3. The van der Waals surface area contributed by atoms with Crippen LogP contribution in [0.25, 0.3) is 16.7 Å². The van der Waals surface area contributed by atoms with Gasteiger partial charge in [0, 0.05) is 42.2 Å². The number of rotatable bonds is 7. The average Bonchev–Trinajstić information content (AvgIpc) is 3.42. The van der Waals surface area contributed by atoms with E-state index in [1.54, 1.807) is 31.3 Å². The number of anilines is 2. The molecule has 0 bridgehead atoms. The molecule has 206 valence electrons. The summed E-state index contributed by atoms with van der Waals surface area (Å²) in [5.41, 5.74) is 3.15. The number of benzene rings is 1. The van der Waals surface area contributed by atoms with Crippen molar-refractivity contribution < 1.29 is 23.1 Å². The van der Waals surface area contributed by atoms with Crippen molar-refractivity contribution >= 4 is 28.2 Å². The first kappa shape index (κ1) is 27.0. The summed E-state index contributed by atoms with van der Waals surface area (Å²) in [7, 11) is 1.61. The molecule has 39 heavy (non-hydrogen) atoms. The zero-order valence-corrected chi connectivity index (χ0v) is 22.3. The van der Waals surface area contributed by atoms with E-state index in [4.69, 9.17) is 4.98 Å². The van der Waals surface area contributed by atoms with Crippen LogP contribution in [-0.2, 0) is 13.5 Å². The number of hydrogen-bond acceptors (Lipinski definition) is 4. The summed E-state index contributed by atoms with van der Waals surface area (Å²) in [4.78, 5) is 16.7. The average molecular weight is 539 g/mol. The van der Waals surface area contributed by atoms with E-state index in [0.717, 1.165) is 37.9 Å². The van der Waals surface area contributed by atoms with Crippen molar-refractivity contribution in [3.8, 4) is 5.82 Å². The third kappa shape index (κ3) is 5.73. The largest absolute Gasteiger partial charge is 0.454 e. The first-order chi connectivity index (χ1) is 18.5. The summed E-state index contributed by atoms with van der Waals surface area (Å²) in [6.45, 7) is 4.39. The quantitative estimate of drug-likeness (QED) is 0.251. The molecule has 0 aliphatic heterocycles. The fourth-order valence-corrected chi connectivity index (χ4v) is 5.72. The summed E-state index contributed by atoms with van der Waals surface area (Å²) in [6, 6.07) is 10.5. The molecule has 4 aromatic rings. The Labute approximate surface area is 225 Å². The van der Waals surface area contributed by atoms with E-state index in [1.165, 1.54) is 21.9 Å². The molecule has 0 saturated heterocycles. The predicted octanol–water partition coefficient (Wildman–Crippen LogP) is 6.89. The SMILES string of the molecule is Cc1cn(-c2cccc(Nc3ccc4c(c3)c(C(=O)C(F)(F)F)cn4C)n2)cc1CC(C)C1CCC(O)CC1. The molecule has 6 nitrogen and oxygen atoms in total. The molecule has 1 aliphatic rings. The number of ketones is 1. The van der Waals surface area contributed by atoms with Crippen LogP contribution in [0.4, 0.5) is 24.7 Å². The Morgan fingerprint density at radius 3 is 2.59 bits per heavy atom. The number of alkyl halides is 3. The van der Waals surface area contributed by atoms with E-state index < -0.39 is 12.0 Å². The highest BCUT2D eigenvalue weighted by Crippen LogP contribution is 2.33. The van der Waals surface area contributed by atoms with Gasteiger partial charge >= 0.3 is 6.18 Å². The van der Waals surface area contributed by atoms with Crippen LogP contribution in [0.5, 0.6) is 0 Å². The summed E-state index contributed by atoms with van der Waals surface area (Å²) >= 11 is 0. The number of aliphatic hydroxyl groups is 1. The lowest BCUT2D eigenvalue weighted by molar-refractivity contribution is -0.0884. The minimum Gasteiger partial charge on any atom is -0.393 e. The number of halogens is 3. The molecule has 3 aromatic heterocycles. The zero-order valence-electron chi connectivity index (χ0n) is 22.3. The Kier molecular flexibility index (Phi) is 7.29. The van der Waals surface area contributed by atoms with Crippen LogP contribution in [0.3, 0.4) is 0 Å². The number of pyridine rings is 1. The van der Waals surface area contributed by atoms with Crippen LogP contribution in [0.2, 0.25) is 0 Å². The second kappa shape index (κ2) is 10.5. The van der Waals surface area contributed by atoms with Crippen LogP contribution in [0.15, 0.2) is 55.0 Å². The lowest BCUT2D eigenvalue weighted by atomic mass is 9.77. The number of nitrogens with one attached hydrogen (secondary N) is 1. The van der Waals surface area contributed by atoms with Crippen LogP contribution >= 0.6 is 0 Å². The lowest BCUT2D eigenvalue weighted by Crippen LogP contribution is -2.23. The van der Waals surface area contributed by atoms with Gasteiger partial charge in [-0.1, -0.05) is 13.0 Å². The van der Waals surface area contributed by atoms with Crippen LogP contribution in [0, 0.1) is 18.8 Å². The normalized spacial score (nSPS) is 18.8. The van der Waals surface area contributed by atoms with Crippen molar-refractivity contribution in [1.29, 1.82) is 0 Å². The summed E-state index contributed by atoms with van der Waals surface area (Å²) in [6.07, 6.45) is 5.16. The highest BCUT2D eigenvalue weighted by atomic mass is 19.4. The third-order valence-corrected chi connectivity index (χ3v) is 7.99. The molecule has 0 radical (unpaired) electrons. The highest BCUT2D eigenvalue weighted by Gasteiger charge is 2.40. The lowest BCUT2D eigenvalue weighted by Gasteiger charge is -2.30. The van der Waals surface area contributed by atoms with Crippen LogP contribution < -0.4 is 5.32 Å². The van der Waals surface area contributed by atoms with Crippen LogP contribution in [-0.4, -0.2) is 37.3 Å². The number of aromatic nitrogens is 3. The molecule has 9 heteroatoms. The van der Waals surface area contributed by atoms with Gasteiger partial charge in [0.1, 0.15) is 11.6 Å². The minimum absolute atomic E-state index is 0.151. The number of carbonyl (C=O) groups excluding carboxylic acids is 1. The van der Waals surface area contributed by atoms with E-state index in [1.807, 2.05) is 16.7 Å². The molecular formula is C30H33F3N4O2. The number of aryl methyl sites for hydroxylation is 2. The summed E-state index contributed by atoms with van der Waals surface area (Å²) in [5.74, 6) is 0.537. The Balaban J connectivity index is 1.35. The maximum atomic E-state index is 13.1. The second-order valence-electron chi connectivity index (χ2n) is 10.8. The Hall–Kier alpha value is -3.59. The van der Waals surface area contributed by atoms with Crippen molar-refractivity contribution in [1.82, 2.24) is 14.1 Å². The maximum Gasteiger partial charge on any atom is 0.454 e. The monoisotopic (exact) mass is 538 g/mol. The van der Waals surface area contributed by atoms with Gasteiger partial charge in [-0.05, 0) is 92.3 Å². The highest BCUT2D eigenvalue weighted by molar-refractivity contribution is 6.11. The van der Waals surface area contributed by atoms with E-state index in [-0.39, 0.29) is 17.1 Å². The Bertz CT molecular complexity index is 1500. The molecule has 0 spiro atoms. The number of carbonyl (C=O) groups is 1. The zero-order chi connectivity index (χ0) is 27.9. The number of fused-ring (bicyclic) bond motifs is 1. The fourth-order valence-electron chi connectivity index (χ4n) is 5.72. The number of Topliss-reactive ketones (excluding diaryl/α,β-unsaturated/α-hetero) is 1. The number of hydrogen-bond donors (Lipinski definition) is 2. The van der Waals surface area contributed by atoms with Crippen molar-refractivity contribution in [3.05, 3.63) is 71.7 Å². The maximum absolute atomic E-state index is 13.1. The molecule has 1 saturated carbocycles. The standard InChI is InChI=1S/C30H33F3N4O2/c1-18(20-7-10-23(38)11-8-20)13-21-16-37(15-19(21)2)28-6-4-5-27(35-28)34-22-9-12-26-24(14-22)25(17-36(26)3)29(39)30(31,32)33/h4-6,9,12,14-18,20,23,38H,7-8,10-11,13H2,1-3H3,(H,34,35). The smallest absolute Gasteiger partial charge is 0.393 e. The predicted molar refractivity (Wildman–Crippen MR) is 146 cm³/mol. The number of aliphatic hydroxyl groups excluding tert-OH is 1. The Morgan fingerprint density at radius 2 is 1.87 bits per heavy atom. The first-order valence-electron chi connectivity index (χ1n) is 13.3. The molecule has 5 rings (SSSR count). The van der Waals surface area contributed by atoms with Crippen molar-refractivity contribution in [2.45, 2.75) is 58.2 Å². The van der Waals surface area contributed by atoms with Gasteiger partial charge in [-0.3, -0.25) is 4.79 Å².